The molecule has 1 aromatic carbocycles. The summed E-state index contributed by atoms with van der Waals surface area (Å²) in [6.07, 6.45) is 0.903. The lowest BCUT2D eigenvalue weighted by Crippen LogP contribution is -2.02. The summed E-state index contributed by atoms with van der Waals surface area (Å²) in [5.41, 5.74) is 0. The van der Waals surface area contributed by atoms with Crippen LogP contribution in [0.25, 0.3) is 0 Å². The number of benzene rings is 1. The highest BCUT2D eigenvalue weighted by Gasteiger charge is 2.11. The Morgan fingerprint density at radius 3 is 2.38 bits per heavy atom. The van der Waals surface area contributed by atoms with Gasteiger partial charge >= 0.3 is 12.0 Å². The highest BCUT2D eigenvalue weighted by atomic mass is 35.5. The van der Waals surface area contributed by atoms with Gasteiger partial charge < -0.3 is 14.2 Å². The van der Waals surface area contributed by atoms with Crippen molar-refractivity contribution in [2.75, 3.05) is 13.2 Å². The summed E-state index contributed by atoms with van der Waals surface area (Å²) in [6, 6.07) is 7.47. The number of para-hydroxylation sites is 2. The molecule has 2 rings (SSSR count). The minimum atomic E-state index is 0.00964. The van der Waals surface area contributed by atoms with Gasteiger partial charge in [-0.05, 0) is 37.1 Å². The molecule has 0 amide bonds. The summed E-state index contributed by atoms with van der Waals surface area (Å²) in [4.78, 5) is 11.8. The van der Waals surface area contributed by atoms with Crippen LogP contribution in [-0.4, -0.2) is 28.2 Å². The van der Waals surface area contributed by atoms with Crippen LogP contribution < -0.4 is 14.2 Å². The maximum Gasteiger partial charge on any atom is 0.329 e. The molecule has 0 aliphatic rings. The quantitative estimate of drug-likeness (QED) is 0.779. The zero-order valence-electron chi connectivity index (χ0n) is 11.9. The number of rotatable bonds is 7. The van der Waals surface area contributed by atoms with Gasteiger partial charge in [-0.2, -0.15) is 9.97 Å². The van der Waals surface area contributed by atoms with Gasteiger partial charge in [-0.3, -0.25) is 0 Å². The molecule has 0 saturated carbocycles. The zero-order valence-corrected chi connectivity index (χ0v) is 12.6. The van der Waals surface area contributed by atoms with Crippen LogP contribution in [0.4, 0.5) is 0 Å². The summed E-state index contributed by atoms with van der Waals surface area (Å²) in [5, 5.41) is 0.00964. The van der Waals surface area contributed by atoms with E-state index in [9.17, 15) is 0 Å². The van der Waals surface area contributed by atoms with Gasteiger partial charge in [-0.25, -0.2) is 0 Å². The molecule has 0 aliphatic carbocycles. The first-order chi connectivity index (χ1) is 10.2. The summed E-state index contributed by atoms with van der Waals surface area (Å²) in [6.45, 7) is 4.88. The van der Waals surface area contributed by atoms with Crippen molar-refractivity contribution in [2.24, 2.45) is 0 Å². The standard InChI is InChI=1S/C14H16ClN3O3/c1-3-9-20-10-7-5-6-8-11(10)21-14-17-12(15)16-13(18-14)19-4-2/h5-8H,3-4,9H2,1-2H3. The minimum absolute atomic E-state index is 0.00964. The summed E-state index contributed by atoms with van der Waals surface area (Å²) < 4.78 is 16.4. The van der Waals surface area contributed by atoms with Gasteiger partial charge in [-0.15, -0.1) is 4.98 Å². The van der Waals surface area contributed by atoms with Gasteiger partial charge in [0.25, 0.3) is 0 Å². The van der Waals surface area contributed by atoms with Gasteiger partial charge in [0.2, 0.25) is 5.28 Å². The predicted molar refractivity (Wildman–Crippen MR) is 78.3 cm³/mol. The van der Waals surface area contributed by atoms with Crippen LogP contribution in [0.2, 0.25) is 5.28 Å². The van der Waals surface area contributed by atoms with Crippen LogP contribution in [0, 0.1) is 0 Å². The van der Waals surface area contributed by atoms with Crippen LogP contribution in [0.3, 0.4) is 0 Å². The Balaban J connectivity index is 2.21. The SMILES string of the molecule is CCCOc1ccccc1Oc1nc(Cl)nc(OCC)n1. The number of nitrogens with zero attached hydrogens (tertiary/aromatic N) is 3. The predicted octanol–water partition coefficient (Wildman–Crippen LogP) is 3.50. The van der Waals surface area contributed by atoms with E-state index in [4.69, 9.17) is 25.8 Å². The molecule has 6 nitrogen and oxygen atoms in total. The number of aromatic nitrogens is 3. The Labute approximate surface area is 128 Å². The Kier molecular flexibility index (Phi) is 5.57. The van der Waals surface area contributed by atoms with Gasteiger partial charge in [0, 0.05) is 0 Å². The van der Waals surface area contributed by atoms with Crippen LogP contribution in [0.15, 0.2) is 24.3 Å². The van der Waals surface area contributed by atoms with Crippen molar-refractivity contribution in [1.82, 2.24) is 15.0 Å². The van der Waals surface area contributed by atoms with Gasteiger partial charge in [0.1, 0.15) is 0 Å². The molecular weight excluding hydrogens is 294 g/mol. The van der Waals surface area contributed by atoms with E-state index in [1.54, 1.807) is 6.07 Å². The molecule has 0 radical (unpaired) electrons. The van der Waals surface area contributed by atoms with Crippen LogP contribution in [-0.2, 0) is 0 Å². The largest absolute Gasteiger partial charge is 0.490 e. The second-order valence-corrected chi connectivity index (χ2v) is 4.34. The molecule has 0 aliphatic heterocycles. The second kappa shape index (κ2) is 7.64. The van der Waals surface area contributed by atoms with Crippen molar-refractivity contribution in [1.29, 1.82) is 0 Å². The Bertz CT molecular complexity index is 595. The van der Waals surface area contributed by atoms with E-state index < -0.39 is 0 Å². The van der Waals surface area contributed by atoms with Crippen molar-refractivity contribution in [3.63, 3.8) is 0 Å². The highest BCUT2D eigenvalue weighted by molar-refractivity contribution is 6.28. The number of hydrogen-bond donors (Lipinski definition) is 0. The molecule has 0 spiro atoms. The van der Waals surface area contributed by atoms with E-state index in [1.165, 1.54) is 0 Å². The van der Waals surface area contributed by atoms with Gasteiger partial charge in [-0.1, -0.05) is 19.1 Å². The smallest absolute Gasteiger partial charge is 0.329 e. The Morgan fingerprint density at radius 2 is 1.67 bits per heavy atom. The first-order valence-electron chi connectivity index (χ1n) is 6.67. The molecule has 2 aromatic rings. The monoisotopic (exact) mass is 309 g/mol. The van der Waals surface area contributed by atoms with Crippen molar-refractivity contribution < 1.29 is 14.2 Å². The normalized spacial score (nSPS) is 10.2. The first-order valence-corrected chi connectivity index (χ1v) is 7.04. The van der Waals surface area contributed by atoms with Crippen LogP contribution in [0.5, 0.6) is 23.5 Å². The van der Waals surface area contributed by atoms with E-state index in [1.807, 2.05) is 32.0 Å². The van der Waals surface area contributed by atoms with Crippen molar-refractivity contribution in [2.45, 2.75) is 20.3 Å². The molecule has 0 unspecified atom stereocenters. The van der Waals surface area contributed by atoms with Crippen LogP contribution >= 0.6 is 11.6 Å². The third-order valence-electron chi connectivity index (χ3n) is 2.35. The van der Waals surface area contributed by atoms with Gasteiger partial charge in [0.15, 0.2) is 11.5 Å². The number of hydrogen-bond acceptors (Lipinski definition) is 6. The van der Waals surface area contributed by atoms with E-state index in [0.717, 1.165) is 6.42 Å². The summed E-state index contributed by atoms with van der Waals surface area (Å²) >= 11 is 5.82. The van der Waals surface area contributed by atoms with Crippen molar-refractivity contribution in [3.8, 4) is 23.5 Å². The molecule has 0 bridgehead atoms. The van der Waals surface area contributed by atoms with E-state index >= 15 is 0 Å². The molecule has 0 atom stereocenters. The highest BCUT2D eigenvalue weighted by Crippen LogP contribution is 2.30. The fourth-order valence-electron chi connectivity index (χ4n) is 1.52. The average Bonchev–Trinajstić information content (AvgIpc) is 2.46. The minimum Gasteiger partial charge on any atom is -0.490 e. The fourth-order valence-corrected chi connectivity index (χ4v) is 1.66. The maximum atomic E-state index is 5.82. The fraction of sp³-hybridized carbons (Fsp3) is 0.357. The molecule has 112 valence electrons. The molecule has 21 heavy (non-hydrogen) atoms. The maximum absolute atomic E-state index is 5.82. The lowest BCUT2D eigenvalue weighted by molar-refractivity contribution is 0.289. The molecule has 7 heteroatoms. The molecular formula is C14H16ClN3O3. The second-order valence-electron chi connectivity index (χ2n) is 4.00. The van der Waals surface area contributed by atoms with Crippen molar-refractivity contribution >= 4 is 11.6 Å². The third kappa shape index (κ3) is 4.46. The van der Waals surface area contributed by atoms with Crippen LogP contribution in [0.1, 0.15) is 20.3 Å². The van der Waals surface area contributed by atoms with Crippen molar-refractivity contribution in [3.05, 3.63) is 29.5 Å². The van der Waals surface area contributed by atoms with E-state index in [2.05, 4.69) is 15.0 Å². The molecule has 0 fully saturated rings. The Morgan fingerprint density at radius 1 is 0.952 bits per heavy atom. The van der Waals surface area contributed by atoms with E-state index in [0.29, 0.717) is 24.7 Å². The summed E-state index contributed by atoms with van der Waals surface area (Å²) in [5.74, 6) is 1.13. The summed E-state index contributed by atoms with van der Waals surface area (Å²) in [7, 11) is 0. The first kappa shape index (κ1) is 15.3. The molecule has 0 N–H and O–H groups in total. The third-order valence-corrected chi connectivity index (χ3v) is 2.52. The topological polar surface area (TPSA) is 66.4 Å². The zero-order chi connectivity index (χ0) is 15.1. The number of ether oxygens (including phenoxy) is 3. The lowest BCUT2D eigenvalue weighted by Gasteiger charge is -2.11. The molecule has 0 saturated heterocycles. The van der Waals surface area contributed by atoms with Gasteiger partial charge in [0.05, 0.1) is 13.2 Å². The average molecular weight is 310 g/mol. The number of halogens is 1. The molecule has 1 heterocycles. The Hall–Kier alpha value is -2.08. The van der Waals surface area contributed by atoms with E-state index in [-0.39, 0.29) is 17.3 Å². The lowest BCUT2D eigenvalue weighted by atomic mass is 10.3. The molecule has 1 aromatic heterocycles.